The van der Waals surface area contributed by atoms with Crippen LogP contribution in [0.25, 0.3) is 0 Å². The van der Waals surface area contributed by atoms with Crippen LogP contribution in [0.5, 0.6) is 0 Å². The number of rotatable bonds is 8. The Bertz CT molecular complexity index is 535. The summed E-state index contributed by atoms with van der Waals surface area (Å²) in [4.78, 5) is 37.2. The largest absolute Gasteiger partial charge is 0.300 e. The molecule has 0 N–H and O–H groups in total. The van der Waals surface area contributed by atoms with Gasteiger partial charge in [-0.25, -0.2) is 0 Å². The summed E-state index contributed by atoms with van der Waals surface area (Å²) in [6.45, 7) is 1.87. The van der Waals surface area contributed by atoms with E-state index >= 15 is 0 Å². The van der Waals surface area contributed by atoms with Gasteiger partial charge in [-0.05, 0) is 25.0 Å². The average molecular weight is 318 g/mol. The van der Waals surface area contributed by atoms with Crippen LogP contribution in [0.2, 0.25) is 0 Å². The van der Waals surface area contributed by atoms with E-state index < -0.39 is 5.41 Å². The number of carbonyl (C=O) groups is 3. The Morgan fingerprint density at radius 1 is 1.09 bits per heavy atom. The maximum atomic E-state index is 12.0. The van der Waals surface area contributed by atoms with Gasteiger partial charge in [0.05, 0.1) is 5.41 Å². The number of thioether (sulfide) groups is 1. The predicted molar refractivity (Wildman–Crippen MR) is 88.0 cm³/mol. The van der Waals surface area contributed by atoms with E-state index in [9.17, 15) is 14.4 Å². The Hall–Kier alpha value is -1.42. The Morgan fingerprint density at radius 2 is 1.73 bits per heavy atom. The van der Waals surface area contributed by atoms with Gasteiger partial charge < -0.3 is 0 Å². The molecular weight excluding hydrogens is 296 g/mol. The maximum absolute atomic E-state index is 12.0. The summed E-state index contributed by atoms with van der Waals surface area (Å²) >= 11 is 1.66. The Balaban J connectivity index is 1.77. The number of hydrogen-bond acceptors (Lipinski definition) is 4. The van der Waals surface area contributed by atoms with E-state index in [1.54, 1.807) is 11.8 Å². The minimum atomic E-state index is -0.859. The van der Waals surface area contributed by atoms with Crippen LogP contribution in [0.1, 0.15) is 45.4 Å². The summed E-state index contributed by atoms with van der Waals surface area (Å²) in [7, 11) is 0. The van der Waals surface area contributed by atoms with Gasteiger partial charge in [0, 0.05) is 36.3 Å². The third kappa shape index (κ3) is 3.86. The first-order valence-corrected chi connectivity index (χ1v) is 8.83. The highest BCUT2D eigenvalue weighted by Crippen LogP contribution is 2.39. The molecule has 1 saturated carbocycles. The van der Waals surface area contributed by atoms with E-state index in [0.717, 1.165) is 10.6 Å². The predicted octanol–water partition coefficient (Wildman–Crippen LogP) is 3.85. The molecule has 3 nitrogen and oxygen atoms in total. The van der Waals surface area contributed by atoms with E-state index in [0.29, 0.717) is 38.5 Å². The second-order valence-electron chi connectivity index (χ2n) is 5.73. The standard InChI is InChI=1S/C18H22O3S/c1-2-18(16(20)8-9-17(18)21)12-10-14(19)11-13-22-15-6-4-3-5-7-15/h3-7H,2,8-13H2,1H3. The lowest BCUT2D eigenvalue weighted by Gasteiger charge is -2.23. The Labute approximate surface area is 135 Å². The first kappa shape index (κ1) is 16.9. The van der Waals surface area contributed by atoms with Crippen LogP contribution in [0.15, 0.2) is 35.2 Å². The molecule has 1 aliphatic rings. The van der Waals surface area contributed by atoms with Gasteiger partial charge in [0.2, 0.25) is 0 Å². The smallest absolute Gasteiger partial charge is 0.146 e. The lowest BCUT2D eigenvalue weighted by atomic mass is 9.77. The van der Waals surface area contributed by atoms with Gasteiger partial charge in [0.1, 0.15) is 17.3 Å². The SMILES string of the molecule is CCC1(CCC(=O)CCSc2ccccc2)C(=O)CCC1=O. The molecule has 0 heterocycles. The molecule has 0 saturated heterocycles. The summed E-state index contributed by atoms with van der Waals surface area (Å²) in [6, 6.07) is 9.97. The highest BCUT2D eigenvalue weighted by molar-refractivity contribution is 7.99. The molecule has 1 aliphatic carbocycles. The number of ketones is 3. The second-order valence-corrected chi connectivity index (χ2v) is 6.90. The van der Waals surface area contributed by atoms with Crippen molar-refractivity contribution in [2.45, 2.75) is 50.3 Å². The van der Waals surface area contributed by atoms with Crippen LogP contribution < -0.4 is 0 Å². The van der Waals surface area contributed by atoms with E-state index in [1.807, 2.05) is 37.3 Å². The minimum Gasteiger partial charge on any atom is -0.300 e. The van der Waals surface area contributed by atoms with Crippen LogP contribution in [-0.4, -0.2) is 23.1 Å². The highest BCUT2D eigenvalue weighted by atomic mass is 32.2. The summed E-state index contributed by atoms with van der Waals surface area (Å²) in [5, 5.41) is 0. The Kier molecular flexibility index (Phi) is 5.95. The van der Waals surface area contributed by atoms with Crippen molar-refractivity contribution in [3.8, 4) is 0 Å². The van der Waals surface area contributed by atoms with Crippen LogP contribution in [0.3, 0.4) is 0 Å². The highest BCUT2D eigenvalue weighted by Gasteiger charge is 2.47. The second kappa shape index (κ2) is 7.73. The zero-order valence-corrected chi connectivity index (χ0v) is 13.8. The van der Waals surface area contributed by atoms with Crippen LogP contribution in [-0.2, 0) is 14.4 Å². The van der Waals surface area contributed by atoms with Crippen LogP contribution in [0, 0.1) is 5.41 Å². The van der Waals surface area contributed by atoms with E-state index in [-0.39, 0.29) is 17.3 Å². The monoisotopic (exact) mass is 318 g/mol. The van der Waals surface area contributed by atoms with Gasteiger partial charge in [0.25, 0.3) is 0 Å². The van der Waals surface area contributed by atoms with E-state index in [2.05, 4.69) is 0 Å². The van der Waals surface area contributed by atoms with Crippen molar-refractivity contribution in [3.63, 3.8) is 0 Å². The lowest BCUT2D eigenvalue weighted by molar-refractivity contribution is -0.136. The molecule has 1 aromatic rings. The molecule has 0 unspecified atom stereocenters. The van der Waals surface area contributed by atoms with E-state index in [1.165, 1.54) is 0 Å². The summed E-state index contributed by atoms with van der Waals surface area (Å²) in [5.41, 5.74) is -0.859. The molecule has 0 radical (unpaired) electrons. The first-order valence-electron chi connectivity index (χ1n) is 7.84. The fraction of sp³-hybridized carbons (Fsp3) is 0.500. The topological polar surface area (TPSA) is 51.2 Å². The molecule has 4 heteroatoms. The third-order valence-electron chi connectivity index (χ3n) is 4.47. The van der Waals surface area contributed by atoms with Crippen molar-refractivity contribution in [3.05, 3.63) is 30.3 Å². The molecule has 0 bridgehead atoms. The first-order chi connectivity index (χ1) is 10.6. The van der Waals surface area contributed by atoms with Gasteiger partial charge in [-0.2, -0.15) is 0 Å². The number of Topliss-reactive ketones (excluding diaryl/α,β-unsaturated/α-hetero) is 3. The fourth-order valence-corrected chi connectivity index (χ4v) is 3.90. The zero-order valence-electron chi connectivity index (χ0n) is 13.0. The van der Waals surface area contributed by atoms with Crippen LogP contribution in [0.4, 0.5) is 0 Å². The van der Waals surface area contributed by atoms with Crippen molar-refractivity contribution in [2.75, 3.05) is 5.75 Å². The molecule has 0 amide bonds. The molecule has 0 aromatic heterocycles. The maximum Gasteiger partial charge on any atom is 0.146 e. The molecular formula is C18H22O3S. The van der Waals surface area contributed by atoms with Gasteiger partial charge in [-0.3, -0.25) is 14.4 Å². The molecule has 0 atom stereocenters. The average Bonchev–Trinajstić information content (AvgIpc) is 2.82. The van der Waals surface area contributed by atoms with Crippen molar-refractivity contribution < 1.29 is 14.4 Å². The van der Waals surface area contributed by atoms with Gasteiger partial charge in [-0.15, -0.1) is 11.8 Å². The number of carbonyl (C=O) groups excluding carboxylic acids is 3. The lowest BCUT2D eigenvalue weighted by Crippen LogP contribution is -2.32. The molecule has 22 heavy (non-hydrogen) atoms. The third-order valence-corrected chi connectivity index (χ3v) is 5.49. The summed E-state index contributed by atoms with van der Waals surface area (Å²) in [5.74, 6) is 0.950. The van der Waals surface area contributed by atoms with Crippen molar-refractivity contribution >= 4 is 29.1 Å². The minimum absolute atomic E-state index is 0.0338. The molecule has 0 spiro atoms. The van der Waals surface area contributed by atoms with Crippen molar-refractivity contribution in [1.82, 2.24) is 0 Å². The van der Waals surface area contributed by atoms with Crippen LogP contribution >= 0.6 is 11.8 Å². The molecule has 1 aromatic carbocycles. The van der Waals surface area contributed by atoms with Gasteiger partial charge in [-0.1, -0.05) is 25.1 Å². The molecule has 1 fully saturated rings. The molecule has 0 aliphatic heterocycles. The molecule has 118 valence electrons. The van der Waals surface area contributed by atoms with Crippen molar-refractivity contribution in [1.29, 1.82) is 0 Å². The number of hydrogen-bond donors (Lipinski definition) is 0. The zero-order chi connectivity index (χ0) is 16.0. The number of benzene rings is 1. The Morgan fingerprint density at radius 3 is 2.32 bits per heavy atom. The quantitative estimate of drug-likeness (QED) is 0.540. The van der Waals surface area contributed by atoms with E-state index in [4.69, 9.17) is 0 Å². The normalized spacial score (nSPS) is 17.0. The summed E-state index contributed by atoms with van der Waals surface area (Å²) < 4.78 is 0. The van der Waals surface area contributed by atoms with Crippen molar-refractivity contribution in [2.24, 2.45) is 5.41 Å². The molecule has 2 rings (SSSR count). The van der Waals surface area contributed by atoms with Gasteiger partial charge >= 0.3 is 0 Å². The fourth-order valence-electron chi connectivity index (χ4n) is 2.99. The summed E-state index contributed by atoms with van der Waals surface area (Å²) in [6.07, 6.45) is 2.45. The van der Waals surface area contributed by atoms with Gasteiger partial charge in [0.15, 0.2) is 0 Å².